The third-order valence-electron chi connectivity index (χ3n) is 5.20. The minimum Gasteiger partial charge on any atom is -0.497 e. The molecule has 0 unspecified atom stereocenters. The number of hydrogen-bond acceptors (Lipinski definition) is 6. The van der Waals surface area contributed by atoms with Gasteiger partial charge in [0.1, 0.15) is 16.9 Å². The number of hydrogen-bond donors (Lipinski definition) is 1. The number of nitrogens with one attached hydrogen (secondary N) is 1. The standard InChI is InChI=1S/C26H18N2O4S/c1-31-20-11-12-23-19(13-20)14-21(25(30)32-23)24(29)28-26-27-22(15-33-26)18-9-7-17(8-10-18)16-5-3-2-4-6-16/h2-15H,1H3,(H,27,28,29). The summed E-state index contributed by atoms with van der Waals surface area (Å²) in [5.41, 5.74) is 3.50. The summed E-state index contributed by atoms with van der Waals surface area (Å²) in [6.45, 7) is 0. The van der Waals surface area contributed by atoms with Crippen LogP contribution in [0.4, 0.5) is 5.13 Å². The van der Waals surface area contributed by atoms with Crippen LogP contribution in [0.25, 0.3) is 33.4 Å². The molecule has 2 heterocycles. The van der Waals surface area contributed by atoms with Gasteiger partial charge in [0, 0.05) is 16.3 Å². The van der Waals surface area contributed by atoms with E-state index in [0.29, 0.717) is 21.9 Å². The van der Waals surface area contributed by atoms with E-state index in [1.54, 1.807) is 25.3 Å². The molecule has 1 N–H and O–H groups in total. The Bertz CT molecular complexity index is 1510. The Hall–Kier alpha value is -4.23. The number of benzene rings is 3. The van der Waals surface area contributed by atoms with E-state index < -0.39 is 11.5 Å². The number of aromatic nitrogens is 1. The molecule has 0 saturated heterocycles. The number of nitrogens with zero attached hydrogens (tertiary/aromatic N) is 1. The van der Waals surface area contributed by atoms with E-state index in [1.165, 1.54) is 17.4 Å². The molecule has 0 fully saturated rings. The SMILES string of the molecule is COc1ccc2oc(=O)c(C(=O)Nc3nc(-c4ccc(-c5ccccc5)cc4)cs3)cc2c1. The highest BCUT2D eigenvalue weighted by Crippen LogP contribution is 2.28. The van der Waals surface area contributed by atoms with Gasteiger partial charge in [0.15, 0.2) is 5.13 Å². The van der Waals surface area contributed by atoms with Crippen molar-refractivity contribution in [2.45, 2.75) is 0 Å². The summed E-state index contributed by atoms with van der Waals surface area (Å²) >= 11 is 1.29. The monoisotopic (exact) mass is 454 g/mol. The van der Waals surface area contributed by atoms with E-state index in [1.807, 2.05) is 47.8 Å². The van der Waals surface area contributed by atoms with Crippen LogP contribution in [0, 0.1) is 0 Å². The average molecular weight is 455 g/mol. The molecule has 33 heavy (non-hydrogen) atoms. The van der Waals surface area contributed by atoms with Gasteiger partial charge in [0.2, 0.25) is 0 Å². The zero-order chi connectivity index (χ0) is 22.8. The van der Waals surface area contributed by atoms with Gasteiger partial charge in [-0.25, -0.2) is 9.78 Å². The van der Waals surface area contributed by atoms with Crippen molar-refractivity contribution in [3.8, 4) is 28.1 Å². The van der Waals surface area contributed by atoms with Gasteiger partial charge in [-0.3, -0.25) is 10.1 Å². The maximum atomic E-state index is 12.7. The highest BCUT2D eigenvalue weighted by atomic mass is 32.1. The molecule has 0 atom stereocenters. The lowest BCUT2D eigenvalue weighted by Gasteiger charge is -2.04. The smallest absolute Gasteiger partial charge is 0.349 e. The van der Waals surface area contributed by atoms with Gasteiger partial charge in [-0.15, -0.1) is 11.3 Å². The lowest BCUT2D eigenvalue weighted by molar-refractivity contribution is 0.102. The highest BCUT2D eigenvalue weighted by molar-refractivity contribution is 7.14. The number of carbonyl (C=O) groups excluding carboxylic acids is 1. The van der Waals surface area contributed by atoms with Crippen molar-refractivity contribution in [1.29, 1.82) is 0 Å². The predicted octanol–water partition coefficient (Wildman–Crippen LogP) is 5.84. The van der Waals surface area contributed by atoms with Crippen LogP contribution in [0.5, 0.6) is 5.75 Å². The number of fused-ring (bicyclic) bond motifs is 1. The Morgan fingerprint density at radius 2 is 1.67 bits per heavy atom. The predicted molar refractivity (Wildman–Crippen MR) is 130 cm³/mol. The van der Waals surface area contributed by atoms with Gasteiger partial charge >= 0.3 is 5.63 Å². The van der Waals surface area contributed by atoms with Crippen molar-refractivity contribution in [2.24, 2.45) is 0 Å². The summed E-state index contributed by atoms with van der Waals surface area (Å²) in [5.74, 6) is 0.0272. The van der Waals surface area contributed by atoms with Crippen LogP contribution in [0.1, 0.15) is 10.4 Å². The zero-order valence-corrected chi connectivity index (χ0v) is 18.4. The molecule has 5 rings (SSSR count). The second kappa shape index (κ2) is 8.72. The Kier molecular flexibility index (Phi) is 5.46. The van der Waals surface area contributed by atoms with Gasteiger partial charge in [-0.05, 0) is 35.4 Å². The van der Waals surface area contributed by atoms with Gasteiger partial charge in [-0.2, -0.15) is 0 Å². The van der Waals surface area contributed by atoms with E-state index in [9.17, 15) is 9.59 Å². The first-order chi connectivity index (χ1) is 16.1. The molecule has 6 nitrogen and oxygen atoms in total. The Morgan fingerprint density at radius 3 is 2.42 bits per heavy atom. The maximum absolute atomic E-state index is 12.7. The quantitative estimate of drug-likeness (QED) is 0.337. The maximum Gasteiger partial charge on any atom is 0.349 e. The van der Waals surface area contributed by atoms with Gasteiger partial charge in [0.05, 0.1) is 12.8 Å². The molecule has 162 valence electrons. The number of thiazole rings is 1. The minimum absolute atomic E-state index is 0.0975. The average Bonchev–Trinajstić information content (AvgIpc) is 3.32. The number of ether oxygens (including phenoxy) is 1. The molecule has 0 aliphatic rings. The normalized spacial score (nSPS) is 10.8. The number of anilines is 1. The third-order valence-corrected chi connectivity index (χ3v) is 5.95. The lowest BCUT2D eigenvalue weighted by Crippen LogP contribution is -2.20. The minimum atomic E-state index is -0.710. The largest absolute Gasteiger partial charge is 0.497 e. The van der Waals surface area contributed by atoms with Crippen molar-refractivity contribution >= 4 is 33.3 Å². The highest BCUT2D eigenvalue weighted by Gasteiger charge is 2.16. The molecule has 0 bridgehead atoms. The first-order valence-corrected chi connectivity index (χ1v) is 11.0. The topological polar surface area (TPSA) is 81.4 Å². The van der Waals surface area contributed by atoms with Crippen LogP contribution in [-0.2, 0) is 0 Å². The van der Waals surface area contributed by atoms with Crippen LogP contribution in [0.3, 0.4) is 0 Å². The Morgan fingerprint density at radius 1 is 0.939 bits per heavy atom. The summed E-state index contributed by atoms with van der Waals surface area (Å²) < 4.78 is 10.5. The second-order valence-corrected chi connectivity index (χ2v) is 8.14. The third kappa shape index (κ3) is 4.26. The van der Waals surface area contributed by atoms with Crippen LogP contribution in [-0.4, -0.2) is 18.0 Å². The van der Waals surface area contributed by atoms with Gasteiger partial charge in [-0.1, -0.05) is 54.6 Å². The number of amides is 1. The van der Waals surface area contributed by atoms with E-state index in [0.717, 1.165) is 22.4 Å². The molecule has 0 aliphatic heterocycles. The van der Waals surface area contributed by atoms with Crippen molar-refractivity contribution in [2.75, 3.05) is 12.4 Å². The molecule has 0 aliphatic carbocycles. The van der Waals surface area contributed by atoms with Crippen LogP contribution < -0.4 is 15.7 Å². The first-order valence-electron chi connectivity index (χ1n) is 10.2. The molecule has 3 aromatic carbocycles. The molecule has 2 aromatic heterocycles. The number of methoxy groups -OCH3 is 1. The van der Waals surface area contributed by atoms with Crippen molar-refractivity contribution < 1.29 is 13.9 Å². The molecule has 7 heteroatoms. The van der Waals surface area contributed by atoms with E-state index in [4.69, 9.17) is 9.15 Å². The fourth-order valence-electron chi connectivity index (χ4n) is 3.48. The van der Waals surface area contributed by atoms with Crippen molar-refractivity contribution in [3.63, 3.8) is 0 Å². The first kappa shape index (κ1) is 20.7. The van der Waals surface area contributed by atoms with Crippen LogP contribution >= 0.6 is 11.3 Å². The summed E-state index contributed by atoms with van der Waals surface area (Å²) in [5, 5.41) is 5.55. The van der Waals surface area contributed by atoms with E-state index >= 15 is 0 Å². The Balaban J connectivity index is 1.36. The summed E-state index contributed by atoms with van der Waals surface area (Å²) in [4.78, 5) is 29.6. The number of carbonyl (C=O) groups is 1. The molecule has 5 aromatic rings. The molecule has 0 saturated carbocycles. The lowest BCUT2D eigenvalue weighted by atomic mass is 10.0. The summed E-state index contributed by atoms with van der Waals surface area (Å²) in [6, 6.07) is 24.7. The van der Waals surface area contributed by atoms with Crippen molar-refractivity contribution in [3.05, 3.63) is 100 Å². The molecule has 0 radical (unpaired) electrons. The fraction of sp³-hybridized carbons (Fsp3) is 0.0385. The molecular weight excluding hydrogens is 436 g/mol. The van der Waals surface area contributed by atoms with Gasteiger partial charge in [0.25, 0.3) is 5.91 Å². The van der Waals surface area contributed by atoms with Gasteiger partial charge < -0.3 is 9.15 Å². The van der Waals surface area contributed by atoms with Crippen LogP contribution in [0.2, 0.25) is 0 Å². The zero-order valence-electron chi connectivity index (χ0n) is 17.6. The molecule has 1 amide bonds. The van der Waals surface area contributed by atoms with E-state index in [-0.39, 0.29) is 5.56 Å². The summed E-state index contributed by atoms with van der Waals surface area (Å²) in [7, 11) is 1.54. The van der Waals surface area contributed by atoms with Crippen molar-refractivity contribution in [1.82, 2.24) is 4.98 Å². The fourth-order valence-corrected chi connectivity index (χ4v) is 4.19. The molecule has 0 spiro atoms. The Labute approximate surface area is 193 Å². The second-order valence-electron chi connectivity index (χ2n) is 7.29. The number of rotatable bonds is 5. The summed E-state index contributed by atoms with van der Waals surface area (Å²) in [6.07, 6.45) is 0. The molecular formula is C26H18N2O4S. The van der Waals surface area contributed by atoms with Crippen LogP contribution in [0.15, 0.2) is 93.5 Å². The van der Waals surface area contributed by atoms with E-state index in [2.05, 4.69) is 22.4 Å².